The summed E-state index contributed by atoms with van der Waals surface area (Å²) in [6.45, 7) is 9.44. The third-order valence-corrected chi connectivity index (χ3v) is 11.2. The molecule has 4 aromatic rings. The SMILES string of the molecule is CN1CCC[C@]1(C)c1nnc2ccc(O[C@@H]3CC[C@H](CC4NC4C(=O)Nc4cc(NS(C)(=O)=O)cc(C(C)(C)C)c4)c4ccccc43)cn12. The number of sulfonamides is 1. The Labute approximate surface area is 288 Å². The van der Waals surface area contributed by atoms with Crippen LogP contribution in [0.1, 0.15) is 94.3 Å². The number of carbonyl (C=O) groups excluding carboxylic acids is 1. The van der Waals surface area contributed by atoms with E-state index >= 15 is 0 Å². The van der Waals surface area contributed by atoms with Crippen molar-refractivity contribution in [1.82, 2.24) is 24.8 Å². The minimum atomic E-state index is -3.47. The van der Waals surface area contributed by atoms with E-state index in [-0.39, 0.29) is 35.0 Å². The first-order valence-electron chi connectivity index (χ1n) is 17.2. The Kier molecular flexibility index (Phi) is 8.48. The largest absolute Gasteiger partial charge is 0.484 e. The van der Waals surface area contributed by atoms with Gasteiger partial charge in [-0.15, -0.1) is 10.2 Å². The van der Waals surface area contributed by atoms with E-state index in [1.54, 1.807) is 6.07 Å². The summed E-state index contributed by atoms with van der Waals surface area (Å²) in [4.78, 5) is 15.7. The van der Waals surface area contributed by atoms with Crippen molar-refractivity contribution in [1.29, 1.82) is 0 Å². The lowest BCUT2D eigenvalue weighted by Crippen LogP contribution is -2.37. The summed E-state index contributed by atoms with van der Waals surface area (Å²) in [6, 6.07) is 17.6. The maximum absolute atomic E-state index is 13.4. The average molecular weight is 686 g/mol. The molecule has 2 unspecified atom stereocenters. The van der Waals surface area contributed by atoms with Crippen molar-refractivity contribution in [2.24, 2.45) is 0 Å². The third kappa shape index (κ3) is 6.91. The van der Waals surface area contributed by atoms with Gasteiger partial charge in [-0.1, -0.05) is 45.0 Å². The van der Waals surface area contributed by atoms with Crippen LogP contribution in [0.3, 0.4) is 0 Å². The molecule has 2 aromatic carbocycles. The number of amides is 1. The molecule has 1 aliphatic carbocycles. The first kappa shape index (κ1) is 33.5. The zero-order valence-corrected chi connectivity index (χ0v) is 30.0. The standard InChI is InChI=1S/C37H47N7O4S/c1-36(2,3)24-19-25(21-26(20-24)42-49(6,46)47)38-34(45)33-30(39-33)18-23-12-14-31(29-11-8-7-10-28(23)29)48-27-13-15-32-40-41-35(44(32)22-27)37(4)16-9-17-43(37)5/h7-8,10-11,13,15,19-23,30-31,33,39,42H,9,12,14,16-18H2,1-6H3,(H,38,45)/t23-,30?,31-,33?,37-/m1/s1. The first-order chi connectivity index (χ1) is 23.2. The highest BCUT2D eigenvalue weighted by atomic mass is 32.2. The Morgan fingerprint density at radius 2 is 1.82 bits per heavy atom. The molecule has 7 rings (SSSR count). The number of ether oxygens (including phenoxy) is 1. The second-order valence-corrected chi connectivity index (χ2v) is 17.1. The molecular weight excluding hydrogens is 639 g/mol. The average Bonchev–Trinajstić information content (AvgIpc) is 3.54. The molecule has 4 heterocycles. The third-order valence-electron chi connectivity index (χ3n) is 10.6. The van der Waals surface area contributed by atoms with Crippen LogP contribution in [0.25, 0.3) is 5.65 Å². The molecule has 0 spiro atoms. The summed E-state index contributed by atoms with van der Waals surface area (Å²) in [5.41, 5.74) is 4.80. The van der Waals surface area contributed by atoms with Gasteiger partial charge in [0.1, 0.15) is 17.9 Å². The number of fused-ring (bicyclic) bond motifs is 2. The Balaban J connectivity index is 1.03. The van der Waals surface area contributed by atoms with Crippen LogP contribution < -0.4 is 20.1 Å². The monoisotopic (exact) mass is 685 g/mol. The molecule has 1 amide bonds. The molecule has 2 aliphatic heterocycles. The van der Waals surface area contributed by atoms with Crippen molar-refractivity contribution in [3.8, 4) is 5.75 Å². The number of aromatic nitrogens is 3. The highest BCUT2D eigenvalue weighted by Crippen LogP contribution is 2.44. The molecule has 11 nitrogen and oxygen atoms in total. The molecule has 3 aliphatic rings. The molecule has 12 heteroatoms. The van der Waals surface area contributed by atoms with Crippen LogP contribution >= 0.6 is 0 Å². The van der Waals surface area contributed by atoms with Crippen molar-refractivity contribution >= 4 is 33.0 Å². The molecule has 2 saturated heterocycles. The number of pyridine rings is 1. The summed E-state index contributed by atoms with van der Waals surface area (Å²) in [7, 11) is -1.32. The Hall–Kier alpha value is -4.00. The van der Waals surface area contributed by atoms with Gasteiger partial charge >= 0.3 is 0 Å². The van der Waals surface area contributed by atoms with Gasteiger partial charge < -0.3 is 10.1 Å². The number of carbonyl (C=O) groups is 1. The number of benzene rings is 2. The highest BCUT2D eigenvalue weighted by Gasteiger charge is 2.45. The lowest BCUT2D eigenvalue weighted by molar-refractivity contribution is -0.115. The summed E-state index contributed by atoms with van der Waals surface area (Å²) in [6.07, 6.45) is 7.91. The van der Waals surface area contributed by atoms with E-state index in [1.165, 1.54) is 11.1 Å². The van der Waals surface area contributed by atoms with E-state index in [9.17, 15) is 13.2 Å². The number of anilines is 2. The van der Waals surface area contributed by atoms with Gasteiger partial charge in [0.15, 0.2) is 11.5 Å². The van der Waals surface area contributed by atoms with Crippen LogP contribution in [0, 0.1) is 0 Å². The zero-order chi connectivity index (χ0) is 34.7. The Bertz CT molecular complexity index is 2010. The quantitative estimate of drug-likeness (QED) is 0.191. The highest BCUT2D eigenvalue weighted by molar-refractivity contribution is 7.92. The first-order valence-corrected chi connectivity index (χ1v) is 19.1. The molecule has 5 atom stereocenters. The second-order valence-electron chi connectivity index (χ2n) is 15.3. The van der Waals surface area contributed by atoms with Gasteiger partial charge in [-0.2, -0.15) is 0 Å². The number of nitrogens with zero attached hydrogens (tertiary/aromatic N) is 4. The maximum Gasteiger partial charge on any atom is 0.243 e. The van der Waals surface area contributed by atoms with Crippen molar-refractivity contribution < 1.29 is 17.9 Å². The van der Waals surface area contributed by atoms with Crippen molar-refractivity contribution in [2.75, 3.05) is 29.9 Å². The minimum Gasteiger partial charge on any atom is -0.484 e. The number of likely N-dealkylation sites (tertiary alicyclic amines) is 1. The van der Waals surface area contributed by atoms with Crippen LogP contribution in [0.4, 0.5) is 11.4 Å². The predicted molar refractivity (Wildman–Crippen MR) is 192 cm³/mol. The summed E-state index contributed by atoms with van der Waals surface area (Å²) in [5, 5.41) is 15.5. The molecule has 2 aromatic heterocycles. The molecule has 0 bridgehead atoms. The van der Waals surface area contributed by atoms with E-state index < -0.39 is 10.0 Å². The van der Waals surface area contributed by atoms with E-state index in [0.29, 0.717) is 17.3 Å². The van der Waals surface area contributed by atoms with E-state index in [1.807, 2.05) is 30.5 Å². The zero-order valence-electron chi connectivity index (χ0n) is 29.2. The fourth-order valence-electron chi connectivity index (χ4n) is 7.63. The van der Waals surface area contributed by atoms with Gasteiger partial charge in [-0.05, 0) is 111 Å². The van der Waals surface area contributed by atoms with Crippen LogP contribution in [-0.2, 0) is 25.8 Å². The van der Waals surface area contributed by atoms with E-state index in [4.69, 9.17) is 4.74 Å². The molecule has 260 valence electrons. The van der Waals surface area contributed by atoms with Gasteiger partial charge in [0.2, 0.25) is 15.9 Å². The van der Waals surface area contributed by atoms with Crippen LogP contribution in [0.2, 0.25) is 0 Å². The van der Waals surface area contributed by atoms with Crippen molar-refractivity contribution in [3.05, 3.63) is 83.3 Å². The molecule has 2 fully saturated rings. The van der Waals surface area contributed by atoms with Gasteiger partial charge in [-0.3, -0.25) is 24.1 Å². The summed E-state index contributed by atoms with van der Waals surface area (Å²) in [5.74, 6) is 1.92. The number of nitrogens with one attached hydrogen (secondary N) is 3. The van der Waals surface area contributed by atoms with Gasteiger partial charge in [0.25, 0.3) is 0 Å². The predicted octanol–water partition coefficient (Wildman–Crippen LogP) is 5.71. The lowest BCUT2D eigenvalue weighted by atomic mass is 9.78. The Morgan fingerprint density at radius 3 is 2.53 bits per heavy atom. The van der Waals surface area contributed by atoms with Gasteiger partial charge in [0.05, 0.1) is 23.7 Å². The van der Waals surface area contributed by atoms with Gasteiger partial charge in [0, 0.05) is 11.7 Å². The molecule has 3 N–H and O–H groups in total. The number of hydrogen-bond donors (Lipinski definition) is 3. The number of hydrogen-bond acceptors (Lipinski definition) is 8. The summed E-state index contributed by atoms with van der Waals surface area (Å²) >= 11 is 0. The van der Waals surface area contributed by atoms with Gasteiger partial charge in [-0.25, -0.2) is 8.42 Å². The number of rotatable bonds is 9. The van der Waals surface area contributed by atoms with Crippen LogP contribution in [0.15, 0.2) is 60.8 Å². The Morgan fingerprint density at radius 1 is 1.06 bits per heavy atom. The van der Waals surface area contributed by atoms with Crippen molar-refractivity contribution in [2.45, 2.75) is 94.9 Å². The molecular formula is C37H47N7O4S. The minimum absolute atomic E-state index is 0.0552. The molecule has 0 saturated carbocycles. The normalized spacial score (nSPS) is 25.6. The summed E-state index contributed by atoms with van der Waals surface area (Å²) < 4.78 is 35.2. The second kappa shape index (κ2) is 12.4. The van der Waals surface area contributed by atoms with Crippen molar-refractivity contribution in [3.63, 3.8) is 0 Å². The van der Waals surface area contributed by atoms with Crippen LogP contribution in [-0.4, -0.2) is 65.8 Å². The molecule has 49 heavy (non-hydrogen) atoms. The molecule has 0 radical (unpaired) electrons. The van der Waals surface area contributed by atoms with E-state index in [2.05, 4.69) is 93.9 Å². The van der Waals surface area contributed by atoms with E-state index in [0.717, 1.165) is 67.7 Å². The fourth-order valence-corrected chi connectivity index (χ4v) is 8.18. The fraction of sp³-hybridized carbons (Fsp3) is 0.486. The van der Waals surface area contributed by atoms with Crippen LogP contribution in [0.5, 0.6) is 5.75 Å². The smallest absolute Gasteiger partial charge is 0.243 e. The maximum atomic E-state index is 13.4. The topological polar surface area (TPSA) is 140 Å². The lowest BCUT2D eigenvalue weighted by Gasteiger charge is -2.32.